The zero-order valence-electron chi connectivity index (χ0n) is 16.5. The van der Waals surface area contributed by atoms with Crippen LogP contribution in [0.4, 0.5) is 0 Å². The van der Waals surface area contributed by atoms with E-state index in [2.05, 4.69) is 4.90 Å². The lowest BCUT2D eigenvalue weighted by molar-refractivity contribution is 0.159. The third-order valence-electron chi connectivity index (χ3n) is 4.80. The molecule has 0 N–H and O–H groups in total. The second-order valence-electron chi connectivity index (χ2n) is 6.81. The van der Waals surface area contributed by atoms with Crippen molar-refractivity contribution in [3.05, 3.63) is 54.1 Å². The molecule has 0 radical (unpaired) electrons. The van der Waals surface area contributed by atoms with Crippen LogP contribution in [0.2, 0.25) is 0 Å². The van der Waals surface area contributed by atoms with Crippen LogP contribution in [0, 0.1) is 6.92 Å². The van der Waals surface area contributed by atoms with Gasteiger partial charge >= 0.3 is 0 Å². The highest BCUT2D eigenvalue weighted by molar-refractivity contribution is 7.89. The van der Waals surface area contributed by atoms with Gasteiger partial charge in [-0.25, -0.2) is 8.42 Å². The van der Waals surface area contributed by atoms with Crippen LogP contribution in [0.15, 0.2) is 53.4 Å². The third kappa shape index (κ3) is 5.25. The van der Waals surface area contributed by atoms with Gasteiger partial charge in [-0.2, -0.15) is 4.31 Å². The number of rotatable bonds is 8. The molecule has 1 aliphatic rings. The Morgan fingerprint density at radius 1 is 0.857 bits per heavy atom. The summed E-state index contributed by atoms with van der Waals surface area (Å²) >= 11 is 0. The first-order chi connectivity index (χ1) is 13.5. The maximum absolute atomic E-state index is 12.8. The Morgan fingerprint density at radius 3 is 2.04 bits per heavy atom. The lowest BCUT2D eigenvalue weighted by Crippen LogP contribution is -2.49. The first kappa shape index (κ1) is 20.6. The van der Waals surface area contributed by atoms with E-state index in [0.717, 1.165) is 12.3 Å². The summed E-state index contributed by atoms with van der Waals surface area (Å²) in [5.41, 5.74) is 1.21. The van der Waals surface area contributed by atoms with Crippen molar-refractivity contribution in [3.63, 3.8) is 0 Å². The molecule has 152 valence electrons. The fraction of sp³-hybridized carbons (Fsp3) is 0.429. The largest absolute Gasteiger partial charge is 0.494 e. The second kappa shape index (κ2) is 9.41. The zero-order chi connectivity index (χ0) is 20.0. The fourth-order valence-corrected chi connectivity index (χ4v) is 4.57. The van der Waals surface area contributed by atoms with Gasteiger partial charge in [0, 0.05) is 32.7 Å². The Hall–Kier alpha value is -2.09. The Labute approximate surface area is 167 Å². The van der Waals surface area contributed by atoms with Gasteiger partial charge in [0.25, 0.3) is 0 Å². The summed E-state index contributed by atoms with van der Waals surface area (Å²) in [4.78, 5) is 2.55. The highest BCUT2D eigenvalue weighted by Crippen LogP contribution is 2.21. The summed E-state index contributed by atoms with van der Waals surface area (Å²) in [6.45, 7) is 8.25. The van der Waals surface area contributed by atoms with Gasteiger partial charge in [-0.1, -0.05) is 17.7 Å². The molecule has 7 heteroatoms. The van der Waals surface area contributed by atoms with E-state index in [4.69, 9.17) is 9.47 Å². The van der Waals surface area contributed by atoms with Gasteiger partial charge in [0.15, 0.2) is 0 Å². The molecule has 0 amide bonds. The predicted molar refractivity (Wildman–Crippen MR) is 109 cm³/mol. The molecule has 3 rings (SSSR count). The van der Waals surface area contributed by atoms with Crippen LogP contribution in [0.3, 0.4) is 0 Å². The predicted octanol–water partition coefficient (Wildman–Crippen LogP) is 2.78. The average molecular weight is 405 g/mol. The Bertz CT molecular complexity index is 843. The van der Waals surface area contributed by atoms with Crippen molar-refractivity contribution < 1.29 is 17.9 Å². The molecule has 2 aromatic carbocycles. The smallest absolute Gasteiger partial charge is 0.243 e. The van der Waals surface area contributed by atoms with Crippen molar-refractivity contribution in [2.75, 3.05) is 45.9 Å². The first-order valence-electron chi connectivity index (χ1n) is 9.64. The quantitative estimate of drug-likeness (QED) is 0.677. The first-order valence-corrected chi connectivity index (χ1v) is 11.1. The molecule has 2 aromatic rings. The minimum absolute atomic E-state index is 0.312. The van der Waals surface area contributed by atoms with E-state index in [0.29, 0.717) is 50.0 Å². The highest BCUT2D eigenvalue weighted by atomic mass is 32.2. The number of benzene rings is 2. The van der Waals surface area contributed by atoms with E-state index < -0.39 is 10.0 Å². The summed E-state index contributed by atoms with van der Waals surface area (Å²) in [6, 6.07) is 14.6. The topological polar surface area (TPSA) is 59.1 Å². The van der Waals surface area contributed by atoms with Crippen molar-refractivity contribution >= 4 is 10.0 Å². The van der Waals surface area contributed by atoms with E-state index in [1.54, 1.807) is 28.6 Å². The van der Waals surface area contributed by atoms with E-state index >= 15 is 0 Å². The van der Waals surface area contributed by atoms with Gasteiger partial charge in [0.1, 0.15) is 18.1 Å². The Kier molecular flexibility index (Phi) is 6.93. The molecule has 0 bridgehead atoms. The molecular formula is C21H28N2O4S. The van der Waals surface area contributed by atoms with Gasteiger partial charge in [-0.15, -0.1) is 0 Å². The number of piperazine rings is 1. The lowest BCUT2D eigenvalue weighted by Gasteiger charge is -2.33. The lowest BCUT2D eigenvalue weighted by atomic mass is 10.2. The van der Waals surface area contributed by atoms with Gasteiger partial charge < -0.3 is 9.47 Å². The number of sulfonamides is 1. The molecule has 6 nitrogen and oxygen atoms in total. The summed E-state index contributed by atoms with van der Waals surface area (Å²) in [5, 5.41) is 0. The maximum Gasteiger partial charge on any atom is 0.243 e. The number of nitrogens with zero attached hydrogens (tertiary/aromatic N) is 2. The van der Waals surface area contributed by atoms with E-state index in [-0.39, 0.29) is 0 Å². The zero-order valence-corrected chi connectivity index (χ0v) is 17.3. The molecule has 1 fully saturated rings. The van der Waals surface area contributed by atoms with Crippen LogP contribution in [0.1, 0.15) is 12.5 Å². The summed E-state index contributed by atoms with van der Waals surface area (Å²) in [6.07, 6.45) is 0. The van der Waals surface area contributed by atoms with E-state index in [1.165, 1.54) is 5.56 Å². The van der Waals surface area contributed by atoms with Crippen LogP contribution in [0.5, 0.6) is 11.5 Å². The third-order valence-corrected chi connectivity index (χ3v) is 6.71. The van der Waals surface area contributed by atoms with E-state index in [9.17, 15) is 8.42 Å². The Morgan fingerprint density at radius 2 is 1.43 bits per heavy atom. The van der Waals surface area contributed by atoms with Crippen LogP contribution in [0.25, 0.3) is 0 Å². The molecule has 0 saturated carbocycles. The minimum Gasteiger partial charge on any atom is -0.494 e. The number of aryl methyl sites for hydroxylation is 1. The summed E-state index contributed by atoms with van der Waals surface area (Å²) in [5.74, 6) is 1.54. The van der Waals surface area contributed by atoms with Gasteiger partial charge in [-0.05, 0) is 50.2 Å². The van der Waals surface area contributed by atoms with Gasteiger partial charge in [-0.3, -0.25) is 4.90 Å². The SMILES string of the molecule is CCOc1ccc(S(=O)(=O)N2CCN(CCOc3ccc(C)cc3)CC2)cc1. The van der Waals surface area contributed by atoms with Gasteiger partial charge in [0.2, 0.25) is 10.0 Å². The molecule has 28 heavy (non-hydrogen) atoms. The monoisotopic (exact) mass is 404 g/mol. The molecule has 0 unspecified atom stereocenters. The maximum atomic E-state index is 12.8. The molecule has 1 aliphatic heterocycles. The number of ether oxygens (including phenoxy) is 2. The summed E-state index contributed by atoms with van der Waals surface area (Å²) in [7, 11) is -3.46. The number of hydrogen-bond acceptors (Lipinski definition) is 5. The van der Waals surface area contributed by atoms with Crippen molar-refractivity contribution in [2.24, 2.45) is 0 Å². The summed E-state index contributed by atoms with van der Waals surface area (Å²) < 4.78 is 38.4. The molecule has 0 atom stereocenters. The molecule has 0 aromatic heterocycles. The van der Waals surface area contributed by atoms with Crippen molar-refractivity contribution in [2.45, 2.75) is 18.7 Å². The highest BCUT2D eigenvalue weighted by Gasteiger charge is 2.28. The van der Waals surface area contributed by atoms with Crippen molar-refractivity contribution in [3.8, 4) is 11.5 Å². The normalized spacial score (nSPS) is 16.1. The molecule has 0 spiro atoms. The van der Waals surface area contributed by atoms with Gasteiger partial charge in [0.05, 0.1) is 11.5 Å². The molecule has 0 aliphatic carbocycles. The molecular weight excluding hydrogens is 376 g/mol. The Balaban J connectivity index is 1.47. The van der Waals surface area contributed by atoms with Crippen LogP contribution >= 0.6 is 0 Å². The standard InChI is InChI=1S/C21H28N2O4S/c1-3-26-19-8-10-21(11-9-19)28(24,25)23-14-12-22(13-15-23)16-17-27-20-6-4-18(2)5-7-20/h4-11H,3,12-17H2,1-2H3. The van der Waals surface area contributed by atoms with Crippen LogP contribution < -0.4 is 9.47 Å². The molecule has 1 saturated heterocycles. The number of hydrogen-bond donors (Lipinski definition) is 0. The van der Waals surface area contributed by atoms with Crippen molar-refractivity contribution in [1.82, 2.24) is 9.21 Å². The fourth-order valence-electron chi connectivity index (χ4n) is 3.14. The molecule has 1 heterocycles. The second-order valence-corrected chi connectivity index (χ2v) is 8.75. The van der Waals surface area contributed by atoms with Crippen LogP contribution in [-0.4, -0.2) is 63.6 Å². The van der Waals surface area contributed by atoms with Crippen molar-refractivity contribution in [1.29, 1.82) is 0 Å². The van der Waals surface area contributed by atoms with E-state index in [1.807, 2.05) is 38.1 Å². The average Bonchev–Trinajstić information content (AvgIpc) is 2.71. The van der Waals surface area contributed by atoms with Crippen LogP contribution in [-0.2, 0) is 10.0 Å². The minimum atomic E-state index is -3.46.